The number of nitrogens with zero attached hydrogens (tertiary/aromatic N) is 1. The second-order valence-corrected chi connectivity index (χ2v) is 11.4. The predicted octanol–water partition coefficient (Wildman–Crippen LogP) is 5.59. The first-order valence-corrected chi connectivity index (χ1v) is 14.0. The number of sulfonamides is 1. The molecule has 34 heavy (non-hydrogen) atoms. The molecule has 8 heteroatoms. The molecule has 3 aromatic carbocycles. The van der Waals surface area contributed by atoms with E-state index in [0.29, 0.717) is 22.8 Å². The van der Waals surface area contributed by atoms with Gasteiger partial charge in [-0.3, -0.25) is 9.10 Å². The zero-order valence-electron chi connectivity index (χ0n) is 19.3. The summed E-state index contributed by atoms with van der Waals surface area (Å²) in [5, 5.41) is 3.37. The Hall–Kier alpha value is -2.48. The van der Waals surface area contributed by atoms with Crippen LogP contribution in [0.2, 0.25) is 5.02 Å². The van der Waals surface area contributed by atoms with Crippen molar-refractivity contribution in [1.29, 1.82) is 0 Å². The summed E-state index contributed by atoms with van der Waals surface area (Å²) in [6, 6.07) is 21.5. The minimum Gasteiger partial charge on any atom is -0.354 e. The molecule has 0 saturated heterocycles. The average Bonchev–Trinajstić information content (AvgIpc) is 2.81. The van der Waals surface area contributed by atoms with E-state index in [-0.39, 0.29) is 17.3 Å². The third-order valence-electron chi connectivity index (χ3n) is 5.18. The van der Waals surface area contributed by atoms with Crippen LogP contribution in [0.5, 0.6) is 0 Å². The van der Waals surface area contributed by atoms with E-state index >= 15 is 0 Å². The smallest absolute Gasteiger partial charge is 0.264 e. The molecule has 0 heterocycles. The van der Waals surface area contributed by atoms with E-state index in [1.165, 1.54) is 23.3 Å². The number of aryl methyl sites for hydroxylation is 2. The van der Waals surface area contributed by atoms with E-state index in [1.54, 1.807) is 43.3 Å². The minimum atomic E-state index is -3.93. The van der Waals surface area contributed by atoms with Gasteiger partial charge in [0.2, 0.25) is 5.91 Å². The normalized spacial score (nSPS) is 11.3. The van der Waals surface area contributed by atoms with Gasteiger partial charge in [0.15, 0.2) is 0 Å². The standard InChI is InChI=1S/C26H29ClN2O3S2/c1-20-8-6-9-22(16-20)19-33-15-7-14-28-26(30)18-29(25-13-12-23(27)17-21(25)2)34(31,32)24-10-4-3-5-11-24/h3-6,8-13,16-17H,7,14-15,18-19H2,1-2H3,(H,28,30). The first-order chi connectivity index (χ1) is 16.3. The molecule has 0 aromatic heterocycles. The van der Waals surface area contributed by atoms with Gasteiger partial charge < -0.3 is 5.32 Å². The fraction of sp³-hybridized carbons (Fsp3) is 0.269. The van der Waals surface area contributed by atoms with Gasteiger partial charge >= 0.3 is 0 Å². The number of carbonyl (C=O) groups excluding carboxylic acids is 1. The topological polar surface area (TPSA) is 66.5 Å². The Bertz CT molecular complexity index is 1220. The number of halogens is 1. The molecule has 0 unspecified atom stereocenters. The number of anilines is 1. The van der Waals surface area contributed by atoms with Gasteiger partial charge in [-0.15, -0.1) is 0 Å². The van der Waals surface area contributed by atoms with Gasteiger partial charge in [-0.2, -0.15) is 11.8 Å². The molecule has 0 aliphatic rings. The van der Waals surface area contributed by atoms with Crippen LogP contribution in [-0.2, 0) is 20.6 Å². The summed E-state index contributed by atoms with van der Waals surface area (Å²) >= 11 is 7.88. The van der Waals surface area contributed by atoms with Crippen LogP contribution in [0.3, 0.4) is 0 Å². The highest BCUT2D eigenvalue weighted by Crippen LogP contribution is 2.28. The lowest BCUT2D eigenvalue weighted by Crippen LogP contribution is -2.41. The number of rotatable bonds is 11. The molecule has 0 fully saturated rings. The molecule has 0 atom stereocenters. The highest BCUT2D eigenvalue weighted by atomic mass is 35.5. The lowest BCUT2D eigenvalue weighted by molar-refractivity contribution is -0.119. The van der Waals surface area contributed by atoms with E-state index in [9.17, 15) is 13.2 Å². The number of hydrogen-bond acceptors (Lipinski definition) is 4. The van der Waals surface area contributed by atoms with Crippen LogP contribution in [0.4, 0.5) is 5.69 Å². The molecule has 3 rings (SSSR count). The molecule has 0 aliphatic carbocycles. The molecular formula is C26H29ClN2O3S2. The molecule has 3 aromatic rings. The Kier molecular flexibility index (Phi) is 9.45. The van der Waals surface area contributed by atoms with E-state index in [2.05, 4.69) is 36.5 Å². The van der Waals surface area contributed by atoms with Gasteiger partial charge in [0.25, 0.3) is 10.0 Å². The summed E-state index contributed by atoms with van der Waals surface area (Å²) in [7, 11) is -3.93. The third kappa shape index (κ3) is 7.26. The number of amides is 1. The van der Waals surface area contributed by atoms with Gasteiger partial charge in [-0.1, -0.05) is 59.6 Å². The summed E-state index contributed by atoms with van der Waals surface area (Å²) in [6.07, 6.45) is 0.799. The van der Waals surface area contributed by atoms with Gasteiger partial charge in [-0.25, -0.2) is 8.42 Å². The highest BCUT2D eigenvalue weighted by molar-refractivity contribution is 7.98. The monoisotopic (exact) mass is 516 g/mol. The lowest BCUT2D eigenvalue weighted by Gasteiger charge is -2.25. The van der Waals surface area contributed by atoms with E-state index < -0.39 is 10.0 Å². The van der Waals surface area contributed by atoms with E-state index in [1.807, 2.05) is 11.8 Å². The van der Waals surface area contributed by atoms with Crippen LogP contribution < -0.4 is 9.62 Å². The molecule has 0 aliphatic heterocycles. The third-order valence-corrected chi connectivity index (χ3v) is 8.31. The highest BCUT2D eigenvalue weighted by Gasteiger charge is 2.28. The van der Waals surface area contributed by atoms with Crippen molar-refractivity contribution in [2.24, 2.45) is 0 Å². The van der Waals surface area contributed by atoms with Crippen molar-refractivity contribution in [1.82, 2.24) is 5.32 Å². The largest absolute Gasteiger partial charge is 0.354 e. The van der Waals surface area contributed by atoms with Crippen molar-refractivity contribution in [3.63, 3.8) is 0 Å². The van der Waals surface area contributed by atoms with Crippen LogP contribution in [0.25, 0.3) is 0 Å². The van der Waals surface area contributed by atoms with Crippen molar-refractivity contribution in [2.45, 2.75) is 30.9 Å². The average molecular weight is 517 g/mol. The van der Waals surface area contributed by atoms with Gasteiger partial charge in [0.1, 0.15) is 6.54 Å². The Labute approximate surface area is 211 Å². The number of benzene rings is 3. The maximum atomic E-state index is 13.4. The summed E-state index contributed by atoms with van der Waals surface area (Å²) in [6.45, 7) is 4.03. The molecular weight excluding hydrogens is 488 g/mol. The molecule has 1 N–H and O–H groups in total. The first kappa shape index (κ1) is 26.1. The van der Waals surface area contributed by atoms with Crippen molar-refractivity contribution in [2.75, 3.05) is 23.1 Å². The fourth-order valence-corrected chi connectivity index (χ4v) is 6.14. The van der Waals surface area contributed by atoms with Crippen LogP contribution in [0, 0.1) is 13.8 Å². The minimum absolute atomic E-state index is 0.129. The summed E-state index contributed by atoms with van der Waals surface area (Å²) in [5.41, 5.74) is 3.63. The number of thioether (sulfide) groups is 1. The van der Waals surface area contributed by atoms with Crippen LogP contribution in [-0.4, -0.2) is 33.2 Å². The van der Waals surface area contributed by atoms with Crippen LogP contribution in [0.1, 0.15) is 23.1 Å². The summed E-state index contributed by atoms with van der Waals surface area (Å²) in [4.78, 5) is 12.9. The van der Waals surface area contributed by atoms with Crippen molar-refractivity contribution < 1.29 is 13.2 Å². The molecule has 1 amide bonds. The molecule has 180 valence electrons. The van der Waals surface area contributed by atoms with Crippen LogP contribution in [0.15, 0.2) is 77.7 Å². The molecule has 0 radical (unpaired) electrons. The molecule has 0 saturated carbocycles. The Morgan fingerprint density at radius 1 is 1.00 bits per heavy atom. The van der Waals surface area contributed by atoms with Crippen molar-refractivity contribution >= 4 is 45.0 Å². The van der Waals surface area contributed by atoms with E-state index in [0.717, 1.165) is 22.2 Å². The lowest BCUT2D eigenvalue weighted by atomic mass is 10.2. The number of carbonyl (C=O) groups is 1. The Morgan fingerprint density at radius 2 is 1.76 bits per heavy atom. The fourth-order valence-electron chi connectivity index (χ4n) is 3.50. The van der Waals surface area contributed by atoms with Gasteiger partial charge in [0, 0.05) is 17.3 Å². The maximum absolute atomic E-state index is 13.4. The first-order valence-electron chi connectivity index (χ1n) is 11.0. The second-order valence-electron chi connectivity index (χ2n) is 8.00. The molecule has 0 spiro atoms. The summed E-state index contributed by atoms with van der Waals surface area (Å²) in [5.74, 6) is 1.48. The Morgan fingerprint density at radius 3 is 2.47 bits per heavy atom. The Balaban J connectivity index is 1.60. The quantitative estimate of drug-likeness (QED) is 0.337. The van der Waals surface area contributed by atoms with Crippen molar-refractivity contribution in [3.8, 4) is 0 Å². The van der Waals surface area contributed by atoms with Gasteiger partial charge in [0.05, 0.1) is 10.6 Å². The zero-order valence-corrected chi connectivity index (χ0v) is 21.7. The zero-order chi connectivity index (χ0) is 24.6. The van der Waals surface area contributed by atoms with Crippen LogP contribution >= 0.6 is 23.4 Å². The molecule has 0 bridgehead atoms. The number of nitrogens with one attached hydrogen (secondary N) is 1. The SMILES string of the molecule is Cc1cccc(CSCCCNC(=O)CN(c2ccc(Cl)cc2C)S(=O)(=O)c2ccccc2)c1. The van der Waals surface area contributed by atoms with E-state index in [4.69, 9.17) is 11.6 Å². The predicted molar refractivity (Wildman–Crippen MR) is 142 cm³/mol. The maximum Gasteiger partial charge on any atom is 0.264 e. The van der Waals surface area contributed by atoms with Gasteiger partial charge in [-0.05, 0) is 67.5 Å². The number of hydrogen-bond donors (Lipinski definition) is 1. The summed E-state index contributed by atoms with van der Waals surface area (Å²) < 4.78 is 27.9. The molecule has 5 nitrogen and oxygen atoms in total. The van der Waals surface area contributed by atoms with Crippen molar-refractivity contribution in [3.05, 3.63) is 94.5 Å². The second kappa shape index (κ2) is 12.3.